The first-order valence-corrected chi connectivity index (χ1v) is 3.24. The molecule has 0 rings (SSSR count). The first-order valence-electron chi connectivity index (χ1n) is 3.24. The van der Waals surface area contributed by atoms with Crippen LogP contribution in [0.1, 0.15) is 20.3 Å². The normalized spacial score (nSPS) is 12.5. The molecular weight excluding hydrogens is 132 g/mol. The summed E-state index contributed by atoms with van der Waals surface area (Å²) in [7, 11) is 0. The summed E-state index contributed by atoms with van der Waals surface area (Å²) in [4.78, 5) is 0. The molecule has 0 saturated carbocycles. The van der Waals surface area contributed by atoms with Crippen LogP contribution in [0.4, 0.5) is 0 Å². The Kier molecular flexibility index (Phi) is 4.66. The predicted molar refractivity (Wildman–Crippen MR) is 39.1 cm³/mol. The molecule has 0 aliphatic rings. The number of nitrogens with two attached hydrogens (primary N) is 1. The molecule has 4 heteroatoms. The summed E-state index contributed by atoms with van der Waals surface area (Å²) in [6.07, 6.45) is 0.681. The highest BCUT2D eigenvalue weighted by Crippen LogP contribution is 1.89. The largest absolute Gasteiger partial charge is 0.409 e. The van der Waals surface area contributed by atoms with Gasteiger partial charge in [0.2, 0.25) is 0 Å². The first kappa shape index (κ1) is 9.23. The second-order valence-corrected chi connectivity index (χ2v) is 2.26. The fourth-order valence-corrected chi connectivity index (χ4v) is 0.449. The molecule has 0 fully saturated rings. The van der Waals surface area contributed by atoms with E-state index in [1.807, 2.05) is 13.8 Å². The van der Waals surface area contributed by atoms with Gasteiger partial charge < -0.3 is 15.7 Å². The van der Waals surface area contributed by atoms with E-state index in [1.54, 1.807) is 0 Å². The quantitative estimate of drug-likeness (QED) is 0.263. The van der Waals surface area contributed by atoms with Crippen molar-refractivity contribution < 1.29 is 9.94 Å². The predicted octanol–water partition coefficient (Wildman–Crippen LogP) is 0.548. The van der Waals surface area contributed by atoms with E-state index in [0.717, 1.165) is 0 Å². The van der Waals surface area contributed by atoms with Crippen molar-refractivity contribution in [3.05, 3.63) is 0 Å². The zero-order valence-corrected chi connectivity index (χ0v) is 6.37. The summed E-state index contributed by atoms with van der Waals surface area (Å²) in [6.45, 7) is 4.38. The van der Waals surface area contributed by atoms with Crippen LogP contribution in [0.2, 0.25) is 0 Å². The molecule has 0 aliphatic heterocycles. The highest BCUT2D eigenvalue weighted by atomic mass is 16.5. The van der Waals surface area contributed by atoms with Crippen LogP contribution in [0.25, 0.3) is 0 Å². The van der Waals surface area contributed by atoms with E-state index in [2.05, 4.69) is 5.16 Å². The molecule has 0 radical (unpaired) electrons. The smallest absolute Gasteiger partial charge is 0.141 e. The third-order valence-corrected chi connectivity index (χ3v) is 0.938. The Morgan fingerprint density at radius 3 is 2.70 bits per heavy atom. The number of hydrogen-bond acceptors (Lipinski definition) is 3. The molecule has 0 spiro atoms. The Hall–Kier alpha value is -0.770. The molecule has 0 heterocycles. The minimum Gasteiger partial charge on any atom is -0.409 e. The summed E-state index contributed by atoms with van der Waals surface area (Å²) in [5.41, 5.74) is 5.18. The topological polar surface area (TPSA) is 67.8 Å². The Labute approximate surface area is 60.7 Å². The lowest BCUT2D eigenvalue weighted by Gasteiger charge is -2.05. The summed E-state index contributed by atoms with van der Waals surface area (Å²) in [5, 5.41) is 10.9. The molecule has 0 amide bonds. The summed E-state index contributed by atoms with van der Waals surface area (Å²) in [5.74, 6) is 0.209. The Morgan fingerprint density at radius 1 is 1.70 bits per heavy atom. The molecule has 0 saturated heterocycles. The molecule has 0 aromatic carbocycles. The summed E-state index contributed by atoms with van der Waals surface area (Å²) >= 11 is 0. The van der Waals surface area contributed by atoms with Crippen LogP contribution in [0.3, 0.4) is 0 Å². The van der Waals surface area contributed by atoms with Gasteiger partial charge in [0.05, 0.1) is 12.7 Å². The lowest BCUT2D eigenvalue weighted by atomic mass is 10.4. The zero-order valence-electron chi connectivity index (χ0n) is 6.37. The lowest BCUT2D eigenvalue weighted by molar-refractivity contribution is 0.0840. The SMILES string of the molecule is CC(C)OCC/C(N)=N/O. The van der Waals surface area contributed by atoms with Gasteiger partial charge in [-0.05, 0) is 13.8 Å². The van der Waals surface area contributed by atoms with E-state index in [1.165, 1.54) is 0 Å². The van der Waals surface area contributed by atoms with Gasteiger partial charge in [-0.25, -0.2) is 0 Å². The number of hydrogen-bond donors (Lipinski definition) is 2. The van der Waals surface area contributed by atoms with Crippen LogP contribution in [0.15, 0.2) is 5.16 Å². The van der Waals surface area contributed by atoms with E-state index in [0.29, 0.717) is 13.0 Å². The zero-order chi connectivity index (χ0) is 7.98. The van der Waals surface area contributed by atoms with Gasteiger partial charge in [-0.2, -0.15) is 0 Å². The van der Waals surface area contributed by atoms with Gasteiger partial charge in [-0.3, -0.25) is 0 Å². The maximum absolute atomic E-state index is 8.11. The van der Waals surface area contributed by atoms with Crippen LogP contribution in [0.5, 0.6) is 0 Å². The van der Waals surface area contributed by atoms with E-state index in [-0.39, 0.29) is 11.9 Å². The van der Waals surface area contributed by atoms with Gasteiger partial charge in [0.15, 0.2) is 0 Å². The summed E-state index contributed by atoms with van der Waals surface area (Å²) < 4.78 is 5.14. The minimum atomic E-state index is 0.200. The molecular formula is C6H14N2O2. The molecule has 0 aromatic heterocycles. The monoisotopic (exact) mass is 146 g/mol. The van der Waals surface area contributed by atoms with Crippen molar-refractivity contribution in [1.29, 1.82) is 0 Å². The molecule has 0 bridgehead atoms. The van der Waals surface area contributed by atoms with Crippen molar-refractivity contribution in [2.45, 2.75) is 26.4 Å². The lowest BCUT2D eigenvalue weighted by Crippen LogP contribution is -2.16. The number of amidine groups is 1. The molecule has 4 nitrogen and oxygen atoms in total. The molecule has 10 heavy (non-hydrogen) atoms. The van der Waals surface area contributed by atoms with Gasteiger partial charge in [-0.1, -0.05) is 5.16 Å². The van der Waals surface area contributed by atoms with Crippen molar-refractivity contribution in [3.63, 3.8) is 0 Å². The van der Waals surface area contributed by atoms with E-state index < -0.39 is 0 Å². The Bertz CT molecular complexity index is 112. The van der Waals surface area contributed by atoms with Crippen LogP contribution < -0.4 is 5.73 Å². The van der Waals surface area contributed by atoms with Gasteiger partial charge in [0, 0.05) is 6.42 Å². The molecule has 0 aliphatic carbocycles. The maximum atomic E-state index is 8.11. The van der Waals surface area contributed by atoms with Crippen LogP contribution >= 0.6 is 0 Å². The number of rotatable bonds is 4. The third-order valence-electron chi connectivity index (χ3n) is 0.938. The van der Waals surface area contributed by atoms with Crippen molar-refractivity contribution in [2.75, 3.05) is 6.61 Å². The number of nitrogens with zero attached hydrogens (tertiary/aromatic N) is 1. The van der Waals surface area contributed by atoms with Crippen LogP contribution in [0, 0.1) is 0 Å². The second kappa shape index (κ2) is 5.05. The fraction of sp³-hybridized carbons (Fsp3) is 0.833. The minimum absolute atomic E-state index is 0.200. The van der Waals surface area contributed by atoms with Crippen molar-refractivity contribution in [3.8, 4) is 0 Å². The Morgan fingerprint density at radius 2 is 2.30 bits per heavy atom. The average molecular weight is 146 g/mol. The standard InChI is InChI=1S/C6H14N2O2/c1-5(2)10-4-3-6(7)8-9/h5,9H,3-4H2,1-2H3,(H2,7,8). The van der Waals surface area contributed by atoms with Crippen LogP contribution in [-0.4, -0.2) is 23.8 Å². The molecule has 0 aromatic rings. The van der Waals surface area contributed by atoms with Crippen molar-refractivity contribution in [1.82, 2.24) is 0 Å². The van der Waals surface area contributed by atoms with Crippen molar-refractivity contribution in [2.24, 2.45) is 10.9 Å². The average Bonchev–Trinajstić information content (AvgIpc) is 1.87. The summed E-state index contributed by atoms with van der Waals surface area (Å²) in [6, 6.07) is 0. The van der Waals surface area contributed by atoms with E-state index >= 15 is 0 Å². The van der Waals surface area contributed by atoms with Gasteiger partial charge in [0.1, 0.15) is 5.84 Å². The van der Waals surface area contributed by atoms with Gasteiger partial charge in [0.25, 0.3) is 0 Å². The Balaban J connectivity index is 3.20. The number of ether oxygens (including phenoxy) is 1. The molecule has 0 unspecified atom stereocenters. The second-order valence-electron chi connectivity index (χ2n) is 2.26. The first-order chi connectivity index (χ1) is 4.66. The third kappa shape index (κ3) is 5.37. The maximum Gasteiger partial charge on any atom is 0.141 e. The van der Waals surface area contributed by atoms with Crippen LogP contribution in [-0.2, 0) is 4.74 Å². The molecule has 3 N–H and O–H groups in total. The van der Waals surface area contributed by atoms with E-state index in [9.17, 15) is 0 Å². The van der Waals surface area contributed by atoms with E-state index in [4.69, 9.17) is 15.7 Å². The molecule has 60 valence electrons. The van der Waals surface area contributed by atoms with Gasteiger partial charge >= 0.3 is 0 Å². The molecule has 0 atom stereocenters. The van der Waals surface area contributed by atoms with Gasteiger partial charge in [-0.15, -0.1) is 0 Å². The van der Waals surface area contributed by atoms with Crippen molar-refractivity contribution >= 4 is 5.84 Å². The fourth-order valence-electron chi connectivity index (χ4n) is 0.449. The number of oxime groups is 1. The highest BCUT2D eigenvalue weighted by molar-refractivity contribution is 5.79. The highest BCUT2D eigenvalue weighted by Gasteiger charge is 1.95.